The van der Waals surface area contributed by atoms with Crippen LogP contribution in [0.5, 0.6) is 0 Å². The van der Waals surface area contributed by atoms with Crippen molar-refractivity contribution in [3.05, 3.63) is 96.1 Å². The molecule has 6 rings (SSSR count). The molecule has 4 amide bonds. The number of nitrogens with one attached hydrogen (secondary N) is 4. The second-order valence-electron chi connectivity index (χ2n) is 14.6. The molecule has 0 heterocycles. The van der Waals surface area contributed by atoms with Gasteiger partial charge >= 0.3 is 6.03 Å². The van der Waals surface area contributed by atoms with E-state index >= 15 is 0 Å². The largest absolute Gasteiger partial charge is 0.323 e. The number of carbonyl (C=O) groups is 3. The van der Waals surface area contributed by atoms with Gasteiger partial charge in [0.15, 0.2) is 0 Å². The zero-order chi connectivity index (χ0) is 55.9. The fourth-order valence-electron chi connectivity index (χ4n) is 6.88. The summed E-state index contributed by atoms with van der Waals surface area (Å²) in [5.74, 6) is -3.53. The number of urea groups is 1. The Bertz CT molecular complexity index is 4170. The van der Waals surface area contributed by atoms with Gasteiger partial charge in [-0.25, -0.2) is 4.79 Å². The van der Waals surface area contributed by atoms with Gasteiger partial charge in [-0.05, 0) is 83.6 Å². The highest BCUT2D eigenvalue weighted by Crippen LogP contribution is 2.39. The molecule has 6 aromatic carbocycles. The Kier molecular flexibility index (Phi) is 14.5. The smallest absolute Gasteiger partial charge is 0.321 e. The van der Waals surface area contributed by atoms with Gasteiger partial charge < -0.3 is 21.3 Å². The molecule has 0 saturated heterocycles. The molecule has 0 spiro atoms. The molecular weight excluding hydrogens is 1160 g/mol. The van der Waals surface area contributed by atoms with Crippen LogP contribution in [0, 0.1) is 0 Å². The monoisotopic (exact) mass is 1190 g/mol. The van der Waals surface area contributed by atoms with Crippen LogP contribution in [0.4, 0.5) is 27.5 Å². The number of anilines is 4. The summed E-state index contributed by atoms with van der Waals surface area (Å²) < 4.78 is 277. The Balaban J connectivity index is 1.43. The van der Waals surface area contributed by atoms with Crippen LogP contribution < -0.4 is 21.3 Å². The van der Waals surface area contributed by atoms with Crippen LogP contribution in [0.2, 0.25) is 0 Å². The lowest BCUT2D eigenvalue weighted by Crippen LogP contribution is -2.25. The van der Waals surface area contributed by atoms with Crippen molar-refractivity contribution in [2.45, 2.75) is 39.2 Å². The lowest BCUT2D eigenvalue weighted by molar-refractivity contribution is 0.101. The standard InChI is InChI=1S/C35H26N4O27S8/c40-33(36-25-11-17(67(43,44)45)7-15-9-19(69(49,50)51)13-27(29(15)25)71(55,56)57)21-3-1-5-23(31(21)73(61,62)63)38-35(42)39-24-6-2-4-22(32(24)74(64,65)66)34(41)37-26-12-18(68(46,47)48)8-16-10-20(70(52,53)54)14-28(30(16)26)72(58,59)60/h1-14H,(H,36,40)(H,37,41)(H2,38,39,42)(H,43,44,45)(H,46,47,48)(H,49,50,51)(H,52,53,54)(H,55,56,57)(H,58,59,60)(H,61,62,63)(H,64,65,66). The summed E-state index contributed by atoms with van der Waals surface area (Å²) in [6.45, 7) is 0. The van der Waals surface area contributed by atoms with Crippen LogP contribution in [-0.4, -0.2) is 122 Å². The minimum atomic E-state index is -5.78. The van der Waals surface area contributed by atoms with Crippen molar-refractivity contribution in [1.82, 2.24) is 0 Å². The molecule has 0 unspecified atom stereocenters. The molecule has 6 aromatic rings. The van der Waals surface area contributed by atoms with E-state index in [0.29, 0.717) is 60.7 Å². The van der Waals surface area contributed by atoms with Crippen molar-refractivity contribution in [2.24, 2.45) is 0 Å². The topological polar surface area (TPSA) is 534 Å². The summed E-state index contributed by atoms with van der Waals surface area (Å²) in [5.41, 5.74) is -6.73. The third-order valence-electron chi connectivity index (χ3n) is 9.70. The molecule has 0 aromatic heterocycles. The number of fused-ring (bicyclic) bond motifs is 2. The summed E-state index contributed by atoms with van der Waals surface area (Å²) in [6.07, 6.45) is 0. The molecule has 12 N–H and O–H groups in total. The van der Waals surface area contributed by atoms with E-state index in [1.165, 1.54) is 0 Å². The number of hydrogen-bond donors (Lipinski definition) is 12. The maximum atomic E-state index is 13.8. The molecular formula is C35H26N4O27S8. The molecule has 39 heteroatoms. The number of rotatable bonds is 14. The third kappa shape index (κ3) is 12.1. The molecule has 0 fully saturated rings. The molecule has 396 valence electrons. The molecule has 0 aliphatic heterocycles. The Morgan fingerprint density at radius 3 is 0.865 bits per heavy atom. The number of carbonyl (C=O) groups excluding carboxylic acids is 3. The van der Waals surface area contributed by atoms with Crippen LogP contribution >= 0.6 is 0 Å². The fraction of sp³-hybridized carbons (Fsp3) is 0. The Morgan fingerprint density at radius 2 is 0.608 bits per heavy atom. The lowest BCUT2D eigenvalue weighted by atomic mass is 10.1. The van der Waals surface area contributed by atoms with Gasteiger partial charge in [0, 0.05) is 10.8 Å². The predicted octanol–water partition coefficient (Wildman–Crippen LogP) is 2.12. The van der Waals surface area contributed by atoms with Gasteiger partial charge in [-0.3, -0.25) is 46.0 Å². The van der Waals surface area contributed by atoms with Gasteiger partial charge in [0.1, 0.15) is 19.6 Å². The summed E-state index contributed by atoms with van der Waals surface area (Å²) >= 11 is 0. The van der Waals surface area contributed by atoms with Gasteiger partial charge in [-0.2, -0.15) is 67.3 Å². The van der Waals surface area contributed by atoms with Gasteiger partial charge in [-0.15, -0.1) is 0 Å². The molecule has 0 radical (unpaired) electrons. The predicted molar refractivity (Wildman–Crippen MR) is 248 cm³/mol. The summed E-state index contributed by atoms with van der Waals surface area (Å²) in [5, 5.41) is 3.76. The number of amides is 4. The van der Waals surface area contributed by atoms with Crippen molar-refractivity contribution in [2.75, 3.05) is 21.3 Å². The molecule has 31 nitrogen and oxygen atoms in total. The maximum Gasteiger partial charge on any atom is 0.323 e. The molecule has 0 atom stereocenters. The summed E-state index contributed by atoms with van der Waals surface area (Å²) in [6, 6.07) is 5.04. The summed E-state index contributed by atoms with van der Waals surface area (Å²) in [7, 11) is -44.2. The zero-order valence-corrected chi connectivity index (χ0v) is 41.7. The molecule has 0 bridgehead atoms. The first kappa shape index (κ1) is 56.6. The van der Waals surface area contributed by atoms with E-state index in [0.717, 1.165) is 12.1 Å². The van der Waals surface area contributed by atoms with Crippen molar-refractivity contribution in [3.63, 3.8) is 0 Å². The van der Waals surface area contributed by atoms with E-state index < -0.39 is 193 Å². The normalized spacial score (nSPS) is 13.1. The van der Waals surface area contributed by atoms with Crippen LogP contribution in [0.1, 0.15) is 20.7 Å². The average molecular weight is 1190 g/mol. The number of benzene rings is 6. The van der Waals surface area contributed by atoms with Crippen molar-refractivity contribution in [1.29, 1.82) is 0 Å². The van der Waals surface area contributed by atoms with Crippen LogP contribution in [0.3, 0.4) is 0 Å². The molecule has 74 heavy (non-hydrogen) atoms. The second-order valence-corrected chi connectivity index (χ2v) is 25.8. The lowest BCUT2D eigenvalue weighted by Gasteiger charge is -2.18. The maximum absolute atomic E-state index is 13.8. The Hall–Kier alpha value is -6.67. The van der Waals surface area contributed by atoms with E-state index in [2.05, 4.69) is 0 Å². The van der Waals surface area contributed by atoms with Crippen molar-refractivity contribution < 1.29 is 118 Å². The fourth-order valence-corrected chi connectivity index (χ4v) is 12.4. The van der Waals surface area contributed by atoms with Gasteiger partial charge in [0.25, 0.3) is 92.8 Å². The molecule has 0 aliphatic rings. The van der Waals surface area contributed by atoms with E-state index in [1.807, 2.05) is 10.6 Å². The van der Waals surface area contributed by atoms with Crippen LogP contribution in [0.15, 0.2) is 124 Å². The quantitative estimate of drug-likeness (QED) is 0.0695. The minimum absolute atomic E-state index is 0.153. The van der Waals surface area contributed by atoms with Gasteiger partial charge in [0.05, 0.1) is 53.5 Å². The van der Waals surface area contributed by atoms with E-state index in [4.69, 9.17) is 0 Å². The SMILES string of the molecule is O=C(Nc1cccc(C(=O)Nc2cc(S(=O)(=O)O)cc3cc(S(=O)(=O)O)cc(S(=O)(=O)O)c23)c1S(=O)(=O)O)Nc1cccc(C(=O)Nc2cc(S(=O)(=O)O)cc3cc(S(=O)(=O)O)cc(S(=O)(=O)O)c23)c1S(=O)(=O)O. The minimum Gasteiger partial charge on any atom is -0.321 e. The van der Waals surface area contributed by atoms with Crippen LogP contribution in [-0.2, 0) is 80.9 Å². The summed E-state index contributed by atoms with van der Waals surface area (Å²) in [4.78, 5) is 30.2. The van der Waals surface area contributed by atoms with Gasteiger partial charge in [0.2, 0.25) is 0 Å². The van der Waals surface area contributed by atoms with Crippen molar-refractivity contribution >= 4 is 143 Å². The highest BCUT2D eigenvalue weighted by atomic mass is 32.2. The molecule has 0 saturated carbocycles. The Labute approximate surface area is 415 Å². The first-order valence-corrected chi connectivity index (χ1v) is 30.0. The number of hydrogen-bond acceptors (Lipinski definition) is 19. The average Bonchev–Trinajstić information content (AvgIpc) is 3.22. The molecule has 0 aliphatic carbocycles. The first-order chi connectivity index (χ1) is 33.5. The third-order valence-corrected chi connectivity index (χ3v) is 16.7. The highest BCUT2D eigenvalue weighted by molar-refractivity contribution is 7.88. The van der Waals surface area contributed by atoms with Gasteiger partial charge in [-0.1, -0.05) is 12.1 Å². The highest BCUT2D eigenvalue weighted by Gasteiger charge is 2.32. The first-order valence-electron chi connectivity index (χ1n) is 18.5. The second kappa shape index (κ2) is 18.9. The van der Waals surface area contributed by atoms with E-state index in [9.17, 15) is 118 Å². The van der Waals surface area contributed by atoms with E-state index in [-0.39, 0.29) is 12.1 Å². The zero-order valence-electron chi connectivity index (χ0n) is 35.2. The van der Waals surface area contributed by atoms with Crippen molar-refractivity contribution in [3.8, 4) is 0 Å². The van der Waals surface area contributed by atoms with E-state index in [1.54, 1.807) is 10.6 Å². The Morgan fingerprint density at radius 1 is 0.324 bits per heavy atom. The van der Waals surface area contributed by atoms with Crippen LogP contribution in [0.25, 0.3) is 21.5 Å².